The zero-order valence-electron chi connectivity index (χ0n) is 15.3. The summed E-state index contributed by atoms with van der Waals surface area (Å²) in [6.45, 7) is 3.37. The number of amides is 1. The standard InChI is InChI=1S/C19H18N6O3/c1-12-3-5-15(6-4-12)23-18-17(25(27)28)19(21-11-20-18)24-16-9-7-14(8-10-16)22-13(2)26/h3-11H,1-2H3,(H,22,26)(H2,20,21,23,24). The minimum atomic E-state index is -0.537. The van der Waals surface area contributed by atoms with Crippen LogP contribution in [0.3, 0.4) is 0 Å². The summed E-state index contributed by atoms with van der Waals surface area (Å²) in [7, 11) is 0. The Morgan fingerprint density at radius 1 is 0.893 bits per heavy atom. The van der Waals surface area contributed by atoms with E-state index in [1.54, 1.807) is 24.3 Å². The molecule has 1 heterocycles. The molecule has 28 heavy (non-hydrogen) atoms. The zero-order valence-corrected chi connectivity index (χ0v) is 15.3. The molecular weight excluding hydrogens is 360 g/mol. The van der Waals surface area contributed by atoms with Gasteiger partial charge >= 0.3 is 5.69 Å². The summed E-state index contributed by atoms with van der Waals surface area (Å²) in [5.74, 6) is -0.0397. The molecule has 0 radical (unpaired) electrons. The van der Waals surface area contributed by atoms with E-state index in [0.717, 1.165) is 5.56 Å². The number of anilines is 5. The highest BCUT2D eigenvalue weighted by Gasteiger charge is 2.23. The second kappa shape index (κ2) is 8.12. The maximum atomic E-state index is 11.7. The highest BCUT2D eigenvalue weighted by molar-refractivity contribution is 5.89. The van der Waals surface area contributed by atoms with Crippen LogP contribution in [0.5, 0.6) is 0 Å². The van der Waals surface area contributed by atoms with Crippen LogP contribution < -0.4 is 16.0 Å². The van der Waals surface area contributed by atoms with E-state index in [1.807, 2.05) is 31.2 Å². The molecule has 0 bridgehead atoms. The number of nitro groups is 1. The number of hydrogen-bond acceptors (Lipinski definition) is 7. The first-order chi connectivity index (χ1) is 13.4. The Balaban J connectivity index is 1.87. The van der Waals surface area contributed by atoms with Crippen LogP contribution in [0.2, 0.25) is 0 Å². The normalized spacial score (nSPS) is 10.2. The first-order valence-corrected chi connectivity index (χ1v) is 8.40. The number of rotatable bonds is 6. The number of aromatic nitrogens is 2. The van der Waals surface area contributed by atoms with Crippen LogP contribution in [-0.2, 0) is 4.79 Å². The van der Waals surface area contributed by atoms with Crippen LogP contribution >= 0.6 is 0 Å². The average molecular weight is 378 g/mol. The van der Waals surface area contributed by atoms with Gasteiger partial charge in [0, 0.05) is 24.0 Å². The van der Waals surface area contributed by atoms with Crippen molar-refractivity contribution >= 4 is 40.3 Å². The SMILES string of the molecule is CC(=O)Nc1ccc(Nc2ncnc(Nc3ccc(C)cc3)c2[N+](=O)[O-])cc1. The van der Waals surface area contributed by atoms with Crippen molar-refractivity contribution in [3.8, 4) is 0 Å². The molecule has 9 heteroatoms. The van der Waals surface area contributed by atoms with E-state index in [4.69, 9.17) is 0 Å². The molecule has 3 N–H and O–H groups in total. The second-order valence-electron chi connectivity index (χ2n) is 6.05. The van der Waals surface area contributed by atoms with Gasteiger partial charge in [-0.05, 0) is 43.3 Å². The lowest BCUT2D eigenvalue weighted by Crippen LogP contribution is -2.06. The largest absolute Gasteiger partial charge is 0.353 e. The van der Waals surface area contributed by atoms with E-state index in [1.165, 1.54) is 13.3 Å². The average Bonchev–Trinajstić information content (AvgIpc) is 2.65. The minimum absolute atomic E-state index is 0.0573. The Morgan fingerprint density at radius 2 is 1.36 bits per heavy atom. The first kappa shape index (κ1) is 18.8. The summed E-state index contributed by atoms with van der Waals surface area (Å²) < 4.78 is 0. The highest BCUT2D eigenvalue weighted by atomic mass is 16.6. The van der Waals surface area contributed by atoms with Gasteiger partial charge in [0.05, 0.1) is 4.92 Å². The topological polar surface area (TPSA) is 122 Å². The molecule has 0 aliphatic rings. The minimum Gasteiger partial charge on any atom is -0.334 e. The fourth-order valence-corrected chi connectivity index (χ4v) is 2.49. The molecule has 3 rings (SSSR count). The smallest absolute Gasteiger partial charge is 0.334 e. The summed E-state index contributed by atoms with van der Waals surface area (Å²) in [5, 5.41) is 20.2. The van der Waals surface area contributed by atoms with Crippen molar-refractivity contribution in [3.05, 3.63) is 70.5 Å². The fourth-order valence-electron chi connectivity index (χ4n) is 2.49. The number of hydrogen-bond donors (Lipinski definition) is 3. The molecule has 2 aromatic carbocycles. The Morgan fingerprint density at radius 3 is 1.82 bits per heavy atom. The molecule has 1 amide bonds. The summed E-state index contributed by atoms with van der Waals surface area (Å²) in [6, 6.07) is 14.2. The maximum Gasteiger partial charge on any atom is 0.353 e. The van der Waals surface area contributed by atoms with Crippen molar-refractivity contribution in [3.63, 3.8) is 0 Å². The number of nitrogens with one attached hydrogen (secondary N) is 3. The third-order valence-corrected chi connectivity index (χ3v) is 3.79. The van der Waals surface area contributed by atoms with E-state index >= 15 is 0 Å². The third-order valence-electron chi connectivity index (χ3n) is 3.79. The van der Waals surface area contributed by atoms with Gasteiger partial charge in [0.1, 0.15) is 6.33 Å². The van der Waals surface area contributed by atoms with Crippen molar-refractivity contribution in [2.75, 3.05) is 16.0 Å². The van der Waals surface area contributed by atoms with E-state index in [2.05, 4.69) is 25.9 Å². The fraction of sp³-hybridized carbons (Fsp3) is 0.105. The van der Waals surface area contributed by atoms with Crippen molar-refractivity contribution in [1.29, 1.82) is 0 Å². The molecule has 0 saturated carbocycles. The molecule has 0 spiro atoms. The van der Waals surface area contributed by atoms with E-state index in [0.29, 0.717) is 17.1 Å². The van der Waals surface area contributed by atoms with Crippen LogP contribution in [-0.4, -0.2) is 20.8 Å². The Bertz CT molecular complexity index is 1000. The molecule has 9 nitrogen and oxygen atoms in total. The molecule has 1 aromatic heterocycles. The number of carbonyl (C=O) groups is 1. The number of aryl methyl sites for hydroxylation is 1. The van der Waals surface area contributed by atoms with Crippen molar-refractivity contribution in [1.82, 2.24) is 9.97 Å². The van der Waals surface area contributed by atoms with Crippen LogP contribution in [0.15, 0.2) is 54.9 Å². The summed E-state index contributed by atoms with van der Waals surface area (Å²) >= 11 is 0. The van der Waals surface area contributed by atoms with Gasteiger partial charge in [-0.25, -0.2) is 9.97 Å². The van der Waals surface area contributed by atoms with E-state index in [9.17, 15) is 14.9 Å². The van der Waals surface area contributed by atoms with Gasteiger partial charge in [0.15, 0.2) is 0 Å². The summed E-state index contributed by atoms with van der Waals surface area (Å²) in [4.78, 5) is 30.2. The lowest BCUT2D eigenvalue weighted by Gasteiger charge is -2.11. The molecule has 0 aliphatic carbocycles. The summed E-state index contributed by atoms with van der Waals surface area (Å²) in [5.41, 5.74) is 2.69. The molecule has 0 unspecified atom stereocenters. The van der Waals surface area contributed by atoms with Crippen molar-refractivity contribution < 1.29 is 9.72 Å². The quantitative estimate of drug-likeness (QED) is 0.435. The molecule has 0 aliphatic heterocycles. The van der Waals surface area contributed by atoms with Crippen LogP contribution in [0.25, 0.3) is 0 Å². The van der Waals surface area contributed by atoms with Gasteiger partial charge < -0.3 is 16.0 Å². The zero-order chi connectivity index (χ0) is 20.1. The predicted molar refractivity (Wildman–Crippen MR) is 107 cm³/mol. The van der Waals surface area contributed by atoms with Crippen molar-refractivity contribution in [2.45, 2.75) is 13.8 Å². The number of nitrogens with zero attached hydrogens (tertiary/aromatic N) is 3. The van der Waals surface area contributed by atoms with Crippen molar-refractivity contribution in [2.24, 2.45) is 0 Å². The van der Waals surface area contributed by atoms with Gasteiger partial charge in [-0.3, -0.25) is 14.9 Å². The van der Waals surface area contributed by atoms with Gasteiger partial charge in [-0.2, -0.15) is 0 Å². The first-order valence-electron chi connectivity index (χ1n) is 8.40. The van der Waals surface area contributed by atoms with Gasteiger partial charge in [-0.15, -0.1) is 0 Å². The summed E-state index contributed by atoms with van der Waals surface area (Å²) in [6.07, 6.45) is 1.25. The van der Waals surface area contributed by atoms with Crippen LogP contribution in [0.1, 0.15) is 12.5 Å². The Kier molecular flexibility index (Phi) is 5.45. The molecule has 0 fully saturated rings. The number of benzene rings is 2. The molecule has 0 saturated heterocycles. The number of carbonyl (C=O) groups excluding carboxylic acids is 1. The van der Waals surface area contributed by atoms with E-state index in [-0.39, 0.29) is 23.2 Å². The molecule has 0 atom stereocenters. The maximum absolute atomic E-state index is 11.7. The highest BCUT2D eigenvalue weighted by Crippen LogP contribution is 2.33. The third kappa shape index (κ3) is 4.58. The van der Waals surface area contributed by atoms with Crippen LogP contribution in [0, 0.1) is 17.0 Å². The lowest BCUT2D eigenvalue weighted by molar-refractivity contribution is -0.383. The Hall–Kier alpha value is -4.01. The van der Waals surface area contributed by atoms with Gasteiger partial charge in [0.25, 0.3) is 0 Å². The molecular formula is C19H18N6O3. The van der Waals surface area contributed by atoms with Gasteiger partial charge in [0.2, 0.25) is 17.5 Å². The second-order valence-corrected chi connectivity index (χ2v) is 6.05. The lowest BCUT2D eigenvalue weighted by atomic mass is 10.2. The molecule has 3 aromatic rings. The predicted octanol–water partition coefficient (Wildman–Crippen LogP) is 4.14. The van der Waals surface area contributed by atoms with Gasteiger partial charge in [-0.1, -0.05) is 17.7 Å². The molecule has 142 valence electrons. The van der Waals surface area contributed by atoms with E-state index < -0.39 is 4.92 Å². The Labute approximate surface area is 161 Å². The monoisotopic (exact) mass is 378 g/mol. The van der Waals surface area contributed by atoms with Crippen LogP contribution in [0.4, 0.5) is 34.4 Å².